The summed E-state index contributed by atoms with van der Waals surface area (Å²) in [6.07, 6.45) is 6.81. The summed E-state index contributed by atoms with van der Waals surface area (Å²) in [4.78, 5) is 4.12. The van der Waals surface area contributed by atoms with Gasteiger partial charge in [0.15, 0.2) is 0 Å². The topological polar surface area (TPSA) is 63.8 Å². The van der Waals surface area contributed by atoms with Crippen LogP contribution >= 0.6 is 11.5 Å². The average Bonchev–Trinajstić information content (AvgIpc) is 2.65. The molecule has 5 heteroatoms. The van der Waals surface area contributed by atoms with Crippen molar-refractivity contribution in [3.63, 3.8) is 0 Å². The molecule has 15 heavy (non-hydrogen) atoms. The third-order valence-electron chi connectivity index (χ3n) is 3.15. The number of anilines is 2. The fourth-order valence-corrected chi connectivity index (χ4v) is 2.83. The number of nitrogen functional groups attached to an aromatic ring is 1. The van der Waals surface area contributed by atoms with Crippen LogP contribution in [0.1, 0.15) is 39.0 Å². The Morgan fingerprint density at radius 1 is 1.40 bits per heavy atom. The molecule has 1 aliphatic carbocycles. The van der Waals surface area contributed by atoms with E-state index in [0.717, 1.165) is 11.0 Å². The molecular formula is C10H18N4S. The van der Waals surface area contributed by atoms with Crippen LogP contribution in [0.25, 0.3) is 0 Å². The first kappa shape index (κ1) is 10.7. The molecule has 4 nitrogen and oxygen atoms in total. The lowest BCUT2D eigenvalue weighted by molar-refractivity contribution is 0.328. The van der Waals surface area contributed by atoms with Gasteiger partial charge < -0.3 is 11.1 Å². The molecule has 0 radical (unpaired) electrons. The highest BCUT2D eigenvalue weighted by Gasteiger charge is 2.20. The molecule has 0 aromatic carbocycles. The molecule has 1 aromatic heterocycles. The van der Waals surface area contributed by atoms with Gasteiger partial charge in [0.1, 0.15) is 0 Å². The number of aromatic nitrogens is 2. The molecule has 2 rings (SSSR count). The molecule has 1 aromatic rings. The van der Waals surface area contributed by atoms with E-state index in [1.807, 2.05) is 0 Å². The summed E-state index contributed by atoms with van der Waals surface area (Å²) in [5.41, 5.74) is 5.48. The van der Waals surface area contributed by atoms with Crippen molar-refractivity contribution < 1.29 is 0 Å². The van der Waals surface area contributed by atoms with Gasteiger partial charge in [0.25, 0.3) is 0 Å². The average molecular weight is 226 g/mol. The number of nitrogens with one attached hydrogen (secondary N) is 1. The maximum atomic E-state index is 5.48. The Morgan fingerprint density at radius 2 is 2.13 bits per heavy atom. The van der Waals surface area contributed by atoms with Crippen LogP contribution in [0.2, 0.25) is 0 Å². The Kier molecular flexibility index (Phi) is 3.41. The van der Waals surface area contributed by atoms with E-state index in [0.29, 0.717) is 12.0 Å². The van der Waals surface area contributed by atoms with Crippen molar-refractivity contribution in [3.8, 4) is 0 Å². The molecular weight excluding hydrogens is 208 g/mol. The van der Waals surface area contributed by atoms with Crippen molar-refractivity contribution in [2.45, 2.75) is 45.1 Å². The second kappa shape index (κ2) is 4.79. The lowest BCUT2D eigenvalue weighted by Crippen LogP contribution is -2.27. The normalized spacial score (nSPS) is 20.1. The summed E-state index contributed by atoms with van der Waals surface area (Å²) < 4.78 is 3.96. The van der Waals surface area contributed by atoms with Crippen molar-refractivity contribution in [2.24, 2.45) is 5.92 Å². The van der Waals surface area contributed by atoms with Crippen LogP contribution in [0.4, 0.5) is 11.1 Å². The molecule has 0 spiro atoms. The highest BCUT2D eigenvalue weighted by molar-refractivity contribution is 7.09. The van der Waals surface area contributed by atoms with Crippen LogP contribution in [0.5, 0.6) is 0 Å². The molecule has 1 saturated carbocycles. The monoisotopic (exact) mass is 226 g/mol. The van der Waals surface area contributed by atoms with Gasteiger partial charge in [-0.15, -0.1) is 0 Å². The van der Waals surface area contributed by atoms with E-state index in [1.165, 1.54) is 43.6 Å². The Morgan fingerprint density at radius 3 is 2.73 bits per heavy atom. The zero-order chi connectivity index (χ0) is 10.7. The number of hydrogen-bond donors (Lipinski definition) is 2. The van der Waals surface area contributed by atoms with Crippen molar-refractivity contribution in [1.29, 1.82) is 0 Å². The first-order valence-corrected chi connectivity index (χ1v) is 6.39. The number of hydrogen-bond acceptors (Lipinski definition) is 5. The van der Waals surface area contributed by atoms with Crippen LogP contribution < -0.4 is 11.1 Å². The Hall–Kier alpha value is -0.840. The zero-order valence-electron chi connectivity index (χ0n) is 9.07. The molecule has 1 heterocycles. The van der Waals surface area contributed by atoms with Gasteiger partial charge in [0, 0.05) is 17.6 Å². The van der Waals surface area contributed by atoms with Gasteiger partial charge in [-0.05, 0) is 25.7 Å². The quantitative estimate of drug-likeness (QED) is 0.831. The molecule has 1 atom stereocenters. The second-order valence-electron chi connectivity index (χ2n) is 4.29. The largest absolute Gasteiger partial charge is 0.367 e. The molecule has 84 valence electrons. The molecule has 1 aliphatic rings. The maximum absolute atomic E-state index is 5.48. The van der Waals surface area contributed by atoms with Gasteiger partial charge in [-0.1, -0.05) is 19.3 Å². The van der Waals surface area contributed by atoms with Gasteiger partial charge in [-0.25, -0.2) is 0 Å². The van der Waals surface area contributed by atoms with E-state index in [2.05, 4.69) is 21.6 Å². The first-order valence-electron chi connectivity index (χ1n) is 5.61. The van der Waals surface area contributed by atoms with Crippen LogP contribution in [-0.4, -0.2) is 15.4 Å². The van der Waals surface area contributed by atoms with Gasteiger partial charge in [0.2, 0.25) is 11.1 Å². The number of nitrogens with two attached hydrogens (primary N) is 1. The van der Waals surface area contributed by atoms with Gasteiger partial charge >= 0.3 is 0 Å². The van der Waals surface area contributed by atoms with E-state index in [4.69, 9.17) is 5.73 Å². The predicted octanol–water partition coefficient (Wildman–Crippen LogP) is 2.50. The van der Waals surface area contributed by atoms with Crippen LogP contribution in [0.3, 0.4) is 0 Å². The lowest BCUT2D eigenvalue weighted by atomic mass is 9.85. The summed E-state index contributed by atoms with van der Waals surface area (Å²) in [6.45, 7) is 2.23. The maximum Gasteiger partial charge on any atom is 0.233 e. The van der Waals surface area contributed by atoms with E-state index in [1.54, 1.807) is 0 Å². The van der Waals surface area contributed by atoms with Crippen molar-refractivity contribution in [1.82, 2.24) is 9.36 Å². The molecule has 0 aliphatic heterocycles. The van der Waals surface area contributed by atoms with Gasteiger partial charge in [-0.2, -0.15) is 9.36 Å². The molecule has 0 saturated heterocycles. The minimum absolute atomic E-state index is 0.373. The van der Waals surface area contributed by atoms with Gasteiger partial charge in [0.05, 0.1) is 0 Å². The van der Waals surface area contributed by atoms with Crippen molar-refractivity contribution >= 4 is 22.6 Å². The minimum Gasteiger partial charge on any atom is -0.367 e. The SMILES string of the molecule is CC(Nc1nc(N)ns1)C1CCCCC1. The number of nitrogens with zero attached hydrogens (tertiary/aromatic N) is 2. The van der Waals surface area contributed by atoms with Gasteiger partial charge in [-0.3, -0.25) is 0 Å². The molecule has 0 amide bonds. The smallest absolute Gasteiger partial charge is 0.233 e. The summed E-state index contributed by atoms with van der Waals surface area (Å²) in [7, 11) is 0. The summed E-state index contributed by atoms with van der Waals surface area (Å²) in [5, 5.41) is 4.25. The summed E-state index contributed by atoms with van der Waals surface area (Å²) in [5.74, 6) is 1.15. The Labute approximate surface area is 94.5 Å². The summed E-state index contributed by atoms with van der Waals surface area (Å²) >= 11 is 1.34. The Balaban J connectivity index is 1.88. The van der Waals surface area contributed by atoms with E-state index < -0.39 is 0 Å². The molecule has 1 fully saturated rings. The third kappa shape index (κ3) is 2.81. The highest BCUT2D eigenvalue weighted by atomic mass is 32.1. The second-order valence-corrected chi connectivity index (χ2v) is 5.04. The molecule has 0 bridgehead atoms. The highest BCUT2D eigenvalue weighted by Crippen LogP contribution is 2.28. The lowest BCUT2D eigenvalue weighted by Gasteiger charge is -2.27. The molecule has 1 unspecified atom stereocenters. The van der Waals surface area contributed by atoms with Crippen LogP contribution in [0, 0.1) is 5.92 Å². The third-order valence-corrected chi connectivity index (χ3v) is 3.81. The van der Waals surface area contributed by atoms with Crippen molar-refractivity contribution in [3.05, 3.63) is 0 Å². The van der Waals surface area contributed by atoms with E-state index in [-0.39, 0.29) is 0 Å². The predicted molar refractivity (Wildman–Crippen MR) is 64.0 cm³/mol. The van der Waals surface area contributed by atoms with Crippen LogP contribution in [-0.2, 0) is 0 Å². The molecule has 3 N–H and O–H groups in total. The standard InChI is InChI=1S/C10H18N4S/c1-7(8-5-3-2-4-6-8)12-10-13-9(11)14-15-10/h7-8H,2-6H2,1H3,(H3,11,12,13,14). The fraction of sp³-hybridized carbons (Fsp3) is 0.800. The Bertz CT molecular complexity index is 306. The van der Waals surface area contributed by atoms with Crippen molar-refractivity contribution in [2.75, 3.05) is 11.1 Å². The minimum atomic E-state index is 0.373. The summed E-state index contributed by atoms with van der Waals surface area (Å²) in [6, 6.07) is 0.484. The van der Waals surface area contributed by atoms with E-state index in [9.17, 15) is 0 Å². The number of rotatable bonds is 3. The first-order chi connectivity index (χ1) is 7.25. The van der Waals surface area contributed by atoms with Crippen LogP contribution in [0.15, 0.2) is 0 Å². The van der Waals surface area contributed by atoms with E-state index >= 15 is 0 Å². The fourth-order valence-electron chi connectivity index (χ4n) is 2.24. The zero-order valence-corrected chi connectivity index (χ0v) is 9.89.